The molecule has 0 bridgehead atoms. The molecule has 0 rings (SSSR count). The van der Waals surface area contributed by atoms with Crippen molar-refractivity contribution in [2.24, 2.45) is 0 Å². The van der Waals surface area contributed by atoms with Crippen molar-refractivity contribution in [3.63, 3.8) is 0 Å². The van der Waals surface area contributed by atoms with Gasteiger partial charge in [-0.1, -0.05) is 95.8 Å². The van der Waals surface area contributed by atoms with E-state index in [0.717, 1.165) is 32.1 Å². The van der Waals surface area contributed by atoms with Gasteiger partial charge in [0.1, 0.15) is 0 Å². The standard InChI is InChI=1S/C18H30O2.C6H14/c1-2-3-4-5-6-7-8-9-10-11-12-13-14-15-16-17-18(19)20;1-3-5-6-4-2/h6-7,9-10,12-13H,2-5,8,11,14-17H2,1H3,(H,19,20);3-6H2,1-2H3/b7-6-,10-9-,13-12-;. The monoisotopic (exact) mass is 364 g/mol. The highest BCUT2D eigenvalue weighted by Crippen LogP contribution is 2.02. The summed E-state index contributed by atoms with van der Waals surface area (Å²) in [5.41, 5.74) is 0. The second kappa shape index (κ2) is 25.9. The number of aliphatic carboxylic acids is 1. The number of hydrogen-bond donors (Lipinski definition) is 1. The van der Waals surface area contributed by atoms with Crippen LogP contribution >= 0.6 is 0 Å². The maximum atomic E-state index is 10.3. The molecular formula is C24H44O2. The fraction of sp³-hybridized carbons (Fsp3) is 0.708. The summed E-state index contributed by atoms with van der Waals surface area (Å²) in [5.74, 6) is -0.695. The number of unbranched alkanes of at least 4 members (excludes halogenated alkanes) is 8. The van der Waals surface area contributed by atoms with Crippen molar-refractivity contribution in [2.45, 2.75) is 111 Å². The van der Waals surface area contributed by atoms with Crippen LogP contribution in [0.3, 0.4) is 0 Å². The van der Waals surface area contributed by atoms with Crippen LogP contribution in [0.25, 0.3) is 0 Å². The lowest BCUT2D eigenvalue weighted by atomic mass is 10.2. The summed E-state index contributed by atoms with van der Waals surface area (Å²) in [6.07, 6.45) is 28.9. The van der Waals surface area contributed by atoms with E-state index < -0.39 is 5.97 Å². The van der Waals surface area contributed by atoms with E-state index in [-0.39, 0.29) is 0 Å². The van der Waals surface area contributed by atoms with Crippen LogP contribution in [-0.2, 0) is 4.79 Å². The van der Waals surface area contributed by atoms with E-state index in [4.69, 9.17) is 5.11 Å². The van der Waals surface area contributed by atoms with Crippen LogP contribution in [0.2, 0.25) is 0 Å². The fourth-order valence-electron chi connectivity index (χ4n) is 2.33. The minimum Gasteiger partial charge on any atom is -0.481 e. The van der Waals surface area contributed by atoms with Crippen molar-refractivity contribution in [1.29, 1.82) is 0 Å². The Labute approximate surface area is 163 Å². The summed E-state index contributed by atoms with van der Waals surface area (Å²) in [4.78, 5) is 10.3. The lowest BCUT2D eigenvalue weighted by Gasteiger charge is -1.92. The van der Waals surface area contributed by atoms with Gasteiger partial charge in [-0.15, -0.1) is 0 Å². The molecule has 26 heavy (non-hydrogen) atoms. The molecule has 0 unspecified atom stereocenters. The average Bonchev–Trinajstić information content (AvgIpc) is 2.63. The molecule has 0 aromatic carbocycles. The molecule has 0 aromatic heterocycles. The molecule has 0 radical (unpaired) electrons. The summed E-state index contributed by atoms with van der Waals surface area (Å²) in [6.45, 7) is 6.69. The Balaban J connectivity index is 0. The molecule has 2 nitrogen and oxygen atoms in total. The maximum absolute atomic E-state index is 10.3. The lowest BCUT2D eigenvalue weighted by Crippen LogP contribution is -1.92. The Morgan fingerprint density at radius 1 is 0.615 bits per heavy atom. The zero-order chi connectivity index (χ0) is 19.7. The molecule has 0 aromatic rings. The molecule has 1 N–H and O–H groups in total. The van der Waals surface area contributed by atoms with Gasteiger partial charge < -0.3 is 5.11 Å². The normalized spacial score (nSPS) is 11.3. The van der Waals surface area contributed by atoms with Crippen LogP contribution in [0.4, 0.5) is 0 Å². The van der Waals surface area contributed by atoms with E-state index in [0.29, 0.717) is 6.42 Å². The van der Waals surface area contributed by atoms with Gasteiger partial charge in [-0.3, -0.25) is 4.79 Å². The average molecular weight is 365 g/mol. The van der Waals surface area contributed by atoms with Crippen molar-refractivity contribution in [3.8, 4) is 0 Å². The molecule has 0 aliphatic rings. The molecule has 0 amide bonds. The smallest absolute Gasteiger partial charge is 0.303 e. The van der Waals surface area contributed by atoms with Crippen LogP contribution < -0.4 is 0 Å². The number of hydrogen-bond acceptors (Lipinski definition) is 1. The van der Waals surface area contributed by atoms with Crippen LogP contribution in [0, 0.1) is 0 Å². The van der Waals surface area contributed by atoms with Crippen molar-refractivity contribution in [1.82, 2.24) is 0 Å². The highest BCUT2D eigenvalue weighted by atomic mass is 16.4. The Morgan fingerprint density at radius 3 is 1.42 bits per heavy atom. The molecule has 0 saturated heterocycles. The van der Waals surface area contributed by atoms with Gasteiger partial charge in [0.15, 0.2) is 0 Å². The molecule has 0 spiro atoms. The third-order valence-electron chi connectivity index (χ3n) is 3.99. The SMILES string of the molecule is CCCCC/C=C\C/C=C\C/C=C\CCCCC(=O)O.CCCCCC. The number of carbonyl (C=O) groups is 1. The van der Waals surface area contributed by atoms with Crippen molar-refractivity contribution in [2.75, 3.05) is 0 Å². The van der Waals surface area contributed by atoms with Gasteiger partial charge >= 0.3 is 5.97 Å². The van der Waals surface area contributed by atoms with E-state index in [1.165, 1.54) is 51.4 Å². The largest absolute Gasteiger partial charge is 0.481 e. The van der Waals surface area contributed by atoms with Gasteiger partial charge in [0.05, 0.1) is 0 Å². The predicted molar refractivity (Wildman–Crippen MR) is 117 cm³/mol. The molecule has 0 aliphatic carbocycles. The highest BCUT2D eigenvalue weighted by Gasteiger charge is 1.93. The summed E-state index contributed by atoms with van der Waals surface area (Å²) in [6, 6.07) is 0. The fourth-order valence-corrected chi connectivity index (χ4v) is 2.33. The van der Waals surface area contributed by atoms with Gasteiger partial charge in [-0.25, -0.2) is 0 Å². The maximum Gasteiger partial charge on any atom is 0.303 e. The predicted octanol–water partition coefficient (Wildman–Crippen LogP) is 8.25. The second-order valence-corrected chi connectivity index (χ2v) is 6.73. The Kier molecular flexibility index (Phi) is 26.8. The van der Waals surface area contributed by atoms with Gasteiger partial charge in [-0.05, 0) is 44.9 Å². The zero-order valence-electron chi connectivity index (χ0n) is 17.7. The third-order valence-corrected chi connectivity index (χ3v) is 3.99. The molecule has 152 valence electrons. The first-order valence-electron chi connectivity index (χ1n) is 10.9. The van der Waals surface area contributed by atoms with E-state index in [1.807, 2.05) is 0 Å². The van der Waals surface area contributed by atoms with Crippen LogP contribution in [0.15, 0.2) is 36.5 Å². The van der Waals surface area contributed by atoms with Gasteiger partial charge in [0, 0.05) is 6.42 Å². The summed E-state index contributed by atoms with van der Waals surface area (Å²) in [5, 5.41) is 8.48. The summed E-state index contributed by atoms with van der Waals surface area (Å²) >= 11 is 0. The van der Waals surface area contributed by atoms with E-state index in [1.54, 1.807) is 0 Å². The van der Waals surface area contributed by atoms with Crippen molar-refractivity contribution >= 4 is 5.97 Å². The molecule has 2 heteroatoms. The van der Waals surface area contributed by atoms with Crippen LogP contribution in [0.1, 0.15) is 111 Å². The topological polar surface area (TPSA) is 37.3 Å². The second-order valence-electron chi connectivity index (χ2n) is 6.73. The lowest BCUT2D eigenvalue weighted by molar-refractivity contribution is -0.137. The first kappa shape index (κ1) is 26.9. The van der Waals surface area contributed by atoms with Crippen molar-refractivity contribution < 1.29 is 9.90 Å². The molecular weight excluding hydrogens is 320 g/mol. The quantitative estimate of drug-likeness (QED) is 0.221. The molecule has 0 fully saturated rings. The highest BCUT2D eigenvalue weighted by molar-refractivity contribution is 5.66. The number of carboxylic acid groups (broad SMARTS) is 1. The van der Waals surface area contributed by atoms with Crippen LogP contribution in [0.5, 0.6) is 0 Å². The molecule has 0 saturated carbocycles. The minimum atomic E-state index is -0.695. The Bertz CT molecular complexity index is 349. The van der Waals surface area contributed by atoms with E-state index in [9.17, 15) is 4.79 Å². The molecule has 0 aliphatic heterocycles. The Morgan fingerprint density at radius 2 is 1.00 bits per heavy atom. The summed E-state index contributed by atoms with van der Waals surface area (Å²) in [7, 11) is 0. The number of allylic oxidation sites excluding steroid dienone is 6. The van der Waals surface area contributed by atoms with Crippen LogP contribution in [-0.4, -0.2) is 11.1 Å². The van der Waals surface area contributed by atoms with E-state index >= 15 is 0 Å². The first-order valence-corrected chi connectivity index (χ1v) is 10.9. The minimum absolute atomic E-state index is 0.290. The summed E-state index contributed by atoms with van der Waals surface area (Å²) < 4.78 is 0. The molecule has 0 heterocycles. The third kappa shape index (κ3) is 30.6. The molecule has 0 atom stereocenters. The van der Waals surface area contributed by atoms with Crippen molar-refractivity contribution in [3.05, 3.63) is 36.5 Å². The van der Waals surface area contributed by atoms with Gasteiger partial charge in [0.2, 0.25) is 0 Å². The van der Waals surface area contributed by atoms with E-state index in [2.05, 4.69) is 57.2 Å². The first-order chi connectivity index (χ1) is 12.7. The Hall–Kier alpha value is -1.31. The van der Waals surface area contributed by atoms with Gasteiger partial charge in [-0.2, -0.15) is 0 Å². The zero-order valence-corrected chi connectivity index (χ0v) is 17.7. The number of rotatable bonds is 16. The van der Waals surface area contributed by atoms with Gasteiger partial charge in [0.25, 0.3) is 0 Å². The number of carboxylic acids is 1.